The molecule has 0 atom stereocenters. The summed E-state index contributed by atoms with van der Waals surface area (Å²) in [7, 11) is -6.65. The van der Waals surface area contributed by atoms with E-state index in [1.165, 1.54) is 25.3 Å². The van der Waals surface area contributed by atoms with Gasteiger partial charge in [0.1, 0.15) is 16.4 Å². The van der Waals surface area contributed by atoms with Gasteiger partial charge in [0.05, 0.1) is 35.7 Å². The van der Waals surface area contributed by atoms with Crippen LogP contribution < -0.4 is 23.8 Å². The Labute approximate surface area is 213 Å². The van der Waals surface area contributed by atoms with Crippen LogP contribution in [0.15, 0.2) is 76.5 Å². The topological polar surface area (TPSA) is 114 Å². The maximum Gasteiger partial charge on any atom is 0.264 e. The molecule has 0 fully saturated rings. The molecular weight excluding hydrogens is 502 g/mol. The summed E-state index contributed by atoms with van der Waals surface area (Å²) in [6.07, 6.45) is 0. The van der Waals surface area contributed by atoms with Crippen molar-refractivity contribution in [2.45, 2.75) is 30.6 Å². The molecule has 11 heteroatoms. The van der Waals surface area contributed by atoms with Crippen LogP contribution >= 0.6 is 0 Å². The molecule has 0 aromatic heterocycles. The molecule has 0 amide bonds. The van der Waals surface area contributed by atoms with Crippen molar-refractivity contribution in [3.8, 4) is 11.5 Å². The van der Waals surface area contributed by atoms with Gasteiger partial charge in [-0.2, -0.15) is 0 Å². The standard InChI is InChI=1S/C25H31N3O6S2/c1-5-28(6-2)23-17-12-19(26-35(29,30)21-15-13-20(14-16-21)34-7-3)18-25(23)36(31,32)27-22-10-8-9-11-24(22)33-4/h8-18,26-27H,5-7H2,1-4H3. The Bertz CT molecular complexity index is 1390. The second-order valence-electron chi connectivity index (χ2n) is 7.67. The Hall–Kier alpha value is -3.44. The summed E-state index contributed by atoms with van der Waals surface area (Å²) in [5, 5.41) is 0. The molecule has 0 aliphatic rings. The molecule has 3 aromatic carbocycles. The molecule has 194 valence electrons. The quantitative estimate of drug-likeness (QED) is 0.351. The Balaban J connectivity index is 2.02. The van der Waals surface area contributed by atoms with Crippen molar-refractivity contribution in [3.63, 3.8) is 0 Å². The normalized spacial score (nSPS) is 11.6. The molecule has 0 saturated carbocycles. The Morgan fingerprint density at radius 3 is 2.08 bits per heavy atom. The third kappa shape index (κ3) is 6.21. The van der Waals surface area contributed by atoms with E-state index in [1.807, 2.05) is 25.7 Å². The van der Waals surface area contributed by atoms with E-state index < -0.39 is 20.0 Å². The predicted octanol–water partition coefficient (Wildman–Crippen LogP) is 4.54. The summed E-state index contributed by atoms with van der Waals surface area (Å²) in [6, 6.07) is 17.1. The van der Waals surface area contributed by atoms with Gasteiger partial charge in [-0.1, -0.05) is 12.1 Å². The minimum Gasteiger partial charge on any atom is -0.495 e. The number of methoxy groups -OCH3 is 1. The van der Waals surface area contributed by atoms with Gasteiger partial charge in [0.25, 0.3) is 20.0 Å². The van der Waals surface area contributed by atoms with Gasteiger partial charge in [0.15, 0.2) is 0 Å². The zero-order chi connectivity index (χ0) is 26.3. The van der Waals surface area contributed by atoms with E-state index in [0.29, 0.717) is 36.9 Å². The van der Waals surface area contributed by atoms with Gasteiger partial charge in [-0.25, -0.2) is 16.8 Å². The highest BCUT2D eigenvalue weighted by molar-refractivity contribution is 7.93. The van der Waals surface area contributed by atoms with E-state index in [1.54, 1.807) is 48.5 Å². The van der Waals surface area contributed by atoms with Crippen LogP contribution in [0.25, 0.3) is 0 Å². The molecule has 0 unspecified atom stereocenters. The number of benzene rings is 3. The minimum absolute atomic E-state index is 0.0235. The molecule has 0 spiro atoms. The van der Waals surface area contributed by atoms with Crippen LogP contribution in [0, 0.1) is 0 Å². The average molecular weight is 534 g/mol. The molecule has 2 N–H and O–H groups in total. The smallest absolute Gasteiger partial charge is 0.264 e. The Morgan fingerprint density at radius 2 is 1.47 bits per heavy atom. The summed E-state index contributed by atoms with van der Waals surface area (Å²) in [5.74, 6) is 0.911. The summed E-state index contributed by atoms with van der Waals surface area (Å²) in [5.41, 5.74) is 0.831. The minimum atomic E-state index is -4.12. The number of nitrogens with one attached hydrogen (secondary N) is 2. The first kappa shape index (κ1) is 27.2. The second kappa shape index (κ2) is 11.5. The first-order chi connectivity index (χ1) is 17.1. The Morgan fingerprint density at radius 1 is 0.806 bits per heavy atom. The number of anilines is 3. The first-order valence-corrected chi connectivity index (χ1v) is 14.4. The lowest BCUT2D eigenvalue weighted by Crippen LogP contribution is -2.26. The summed E-state index contributed by atoms with van der Waals surface area (Å²) in [4.78, 5) is 1.83. The highest BCUT2D eigenvalue weighted by Gasteiger charge is 2.24. The third-order valence-electron chi connectivity index (χ3n) is 5.40. The molecule has 0 saturated heterocycles. The van der Waals surface area contributed by atoms with Crippen molar-refractivity contribution in [3.05, 3.63) is 66.7 Å². The lowest BCUT2D eigenvalue weighted by atomic mass is 10.2. The zero-order valence-electron chi connectivity index (χ0n) is 20.7. The number of ether oxygens (including phenoxy) is 2. The van der Waals surface area contributed by atoms with Gasteiger partial charge >= 0.3 is 0 Å². The largest absolute Gasteiger partial charge is 0.495 e. The predicted molar refractivity (Wildman–Crippen MR) is 142 cm³/mol. The van der Waals surface area contributed by atoms with Crippen molar-refractivity contribution in [2.24, 2.45) is 0 Å². The molecule has 0 radical (unpaired) electrons. The van der Waals surface area contributed by atoms with Gasteiger partial charge in [0, 0.05) is 13.1 Å². The van der Waals surface area contributed by atoms with E-state index in [-0.39, 0.29) is 21.2 Å². The molecule has 0 aliphatic carbocycles. The SMILES string of the molecule is CCOc1ccc(S(=O)(=O)Nc2ccc(N(CC)CC)c(S(=O)(=O)Nc3ccccc3OC)c2)cc1. The molecular formula is C25H31N3O6S2. The van der Waals surface area contributed by atoms with Crippen LogP contribution in [0.4, 0.5) is 17.1 Å². The fraction of sp³-hybridized carbons (Fsp3) is 0.280. The number of hydrogen-bond acceptors (Lipinski definition) is 7. The van der Waals surface area contributed by atoms with Gasteiger partial charge in [0.2, 0.25) is 0 Å². The molecule has 0 aliphatic heterocycles. The van der Waals surface area contributed by atoms with Crippen LogP contribution in [0.5, 0.6) is 11.5 Å². The summed E-state index contributed by atoms with van der Waals surface area (Å²) < 4.78 is 68.7. The van der Waals surface area contributed by atoms with Gasteiger partial charge in [-0.05, 0) is 75.4 Å². The maximum absolute atomic E-state index is 13.5. The number of sulfonamides is 2. The Kier molecular flexibility index (Phi) is 8.70. The van der Waals surface area contributed by atoms with Crippen LogP contribution in [0.2, 0.25) is 0 Å². The van der Waals surface area contributed by atoms with Gasteiger partial charge in [-0.3, -0.25) is 9.44 Å². The molecule has 36 heavy (non-hydrogen) atoms. The lowest BCUT2D eigenvalue weighted by Gasteiger charge is -2.25. The monoisotopic (exact) mass is 533 g/mol. The van der Waals surface area contributed by atoms with E-state index in [4.69, 9.17) is 9.47 Å². The van der Waals surface area contributed by atoms with Crippen molar-refractivity contribution < 1.29 is 26.3 Å². The van der Waals surface area contributed by atoms with E-state index >= 15 is 0 Å². The number of nitrogens with zero attached hydrogens (tertiary/aromatic N) is 1. The number of hydrogen-bond donors (Lipinski definition) is 2. The molecule has 3 rings (SSSR count). The fourth-order valence-corrected chi connectivity index (χ4v) is 6.02. The zero-order valence-corrected chi connectivity index (χ0v) is 22.3. The maximum atomic E-state index is 13.5. The number of rotatable bonds is 12. The fourth-order valence-electron chi connectivity index (χ4n) is 3.64. The second-order valence-corrected chi connectivity index (χ2v) is 11.0. The van der Waals surface area contributed by atoms with Crippen molar-refractivity contribution in [2.75, 3.05) is 41.2 Å². The van der Waals surface area contributed by atoms with Gasteiger partial charge in [-0.15, -0.1) is 0 Å². The summed E-state index contributed by atoms with van der Waals surface area (Å²) >= 11 is 0. The third-order valence-corrected chi connectivity index (χ3v) is 8.19. The van der Waals surface area contributed by atoms with Gasteiger partial charge < -0.3 is 14.4 Å². The van der Waals surface area contributed by atoms with Crippen molar-refractivity contribution >= 4 is 37.1 Å². The highest BCUT2D eigenvalue weighted by Crippen LogP contribution is 2.33. The summed E-state index contributed by atoms with van der Waals surface area (Å²) in [6.45, 7) is 7.24. The molecule has 9 nitrogen and oxygen atoms in total. The average Bonchev–Trinajstić information content (AvgIpc) is 2.86. The number of para-hydroxylation sites is 2. The first-order valence-electron chi connectivity index (χ1n) is 11.5. The molecule has 3 aromatic rings. The van der Waals surface area contributed by atoms with Crippen LogP contribution in [-0.2, 0) is 20.0 Å². The highest BCUT2D eigenvalue weighted by atomic mass is 32.2. The van der Waals surface area contributed by atoms with Crippen molar-refractivity contribution in [1.82, 2.24) is 0 Å². The van der Waals surface area contributed by atoms with Crippen LogP contribution in [-0.4, -0.2) is 43.6 Å². The van der Waals surface area contributed by atoms with E-state index in [0.717, 1.165) is 0 Å². The lowest BCUT2D eigenvalue weighted by molar-refractivity contribution is 0.340. The van der Waals surface area contributed by atoms with Crippen LogP contribution in [0.3, 0.4) is 0 Å². The molecule has 0 bridgehead atoms. The van der Waals surface area contributed by atoms with E-state index in [9.17, 15) is 16.8 Å². The van der Waals surface area contributed by atoms with Crippen LogP contribution in [0.1, 0.15) is 20.8 Å². The molecule has 0 heterocycles. The van der Waals surface area contributed by atoms with Crippen molar-refractivity contribution in [1.29, 1.82) is 0 Å². The van der Waals surface area contributed by atoms with E-state index in [2.05, 4.69) is 9.44 Å².